The van der Waals surface area contributed by atoms with Gasteiger partial charge >= 0.3 is 0 Å². The number of halogens is 2. The lowest BCUT2D eigenvalue weighted by Gasteiger charge is -2.04. The SMILES string of the molecule is CC(C)=Cc1c(C)cc(F)cc1Br. The van der Waals surface area contributed by atoms with Crippen molar-refractivity contribution in [2.45, 2.75) is 20.8 Å². The van der Waals surface area contributed by atoms with Gasteiger partial charge in [0.15, 0.2) is 0 Å². The molecule has 0 fully saturated rings. The van der Waals surface area contributed by atoms with Gasteiger partial charge in [0.2, 0.25) is 0 Å². The molecule has 70 valence electrons. The molecule has 0 atom stereocenters. The van der Waals surface area contributed by atoms with Crippen LogP contribution in [0.5, 0.6) is 0 Å². The highest BCUT2D eigenvalue weighted by atomic mass is 79.9. The molecule has 1 rings (SSSR count). The van der Waals surface area contributed by atoms with Gasteiger partial charge in [-0.25, -0.2) is 4.39 Å². The minimum atomic E-state index is -0.199. The molecule has 0 radical (unpaired) electrons. The van der Waals surface area contributed by atoms with E-state index in [9.17, 15) is 4.39 Å². The lowest BCUT2D eigenvalue weighted by molar-refractivity contribution is 0.625. The summed E-state index contributed by atoms with van der Waals surface area (Å²) < 4.78 is 13.7. The molecular formula is C11H12BrF. The Balaban J connectivity index is 3.29. The van der Waals surface area contributed by atoms with Crippen LogP contribution in [0.4, 0.5) is 4.39 Å². The standard InChI is InChI=1S/C11H12BrF/c1-7(2)4-10-8(3)5-9(13)6-11(10)12/h4-6H,1-3H3. The maximum atomic E-state index is 12.9. The first-order valence-corrected chi connectivity index (χ1v) is 4.90. The second-order valence-electron chi connectivity index (χ2n) is 3.34. The van der Waals surface area contributed by atoms with Crippen LogP contribution < -0.4 is 0 Å². The number of allylic oxidation sites excluding steroid dienone is 1. The maximum Gasteiger partial charge on any atom is 0.124 e. The van der Waals surface area contributed by atoms with Crippen LogP contribution in [0.3, 0.4) is 0 Å². The predicted octanol–water partition coefficient (Wildman–Crippen LogP) is 4.32. The predicted molar refractivity (Wildman–Crippen MR) is 58.2 cm³/mol. The summed E-state index contributed by atoms with van der Waals surface area (Å²) in [5.41, 5.74) is 3.21. The van der Waals surface area contributed by atoms with Crippen molar-refractivity contribution in [2.75, 3.05) is 0 Å². The summed E-state index contributed by atoms with van der Waals surface area (Å²) in [6, 6.07) is 3.03. The fourth-order valence-electron chi connectivity index (χ4n) is 1.18. The van der Waals surface area contributed by atoms with E-state index in [1.165, 1.54) is 11.6 Å². The highest BCUT2D eigenvalue weighted by Crippen LogP contribution is 2.24. The zero-order valence-corrected chi connectivity index (χ0v) is 9.57. The van der Waals surface area contributed by atoms with Crippen molar-refractivity contribution in [3.05, 3.63) is 39.1 Å². The Kier molecular flexibility index (Phi) is 3.26. The molecule has 0 unspecified atom stereocenters. The van der Waals surface area contributed by atoms with E-state index in [0.29, 0.717) is 0 Å². The van der Waals surface area contributed by atoms with E-state index in [2.05, 4.69) is 15.9 Å². The van der Waals surface area contributed by atoms with Gasteiger partial charge < -0.3 is 0 Å². The van der Waals surface area contributed by atoms with E-state index in [1.54, 1.807) is 6.07 Å². The van der Waals surface area contributed by atoms with Crippen molar-refractivity contribution < 1.29 is 4.39 Å². The molecule has 1 aromatic rings. The Morgan fingerprint density at radius 3 is 2.46 bits per heavy atom. The van der Waals surface area contributed by atoms with Gasteiger partial charge in [0.25, 0.3) is 0 Å². The Labute approximate surface area is 86.6 Å². The molecule has 0 aliphatic heterocycles. The van der Waals surface area contributed by atoms with Crippen LogP contribution in [-0.4, -0.2) is 0 Å². The zero-order valence-electron chi connectivity index (χ0n) is 7.99. The summed E-state index contributed by atoms with van der Waals surface area (Å²) in [7, 11) is 0. The molecule has 0 bridgehead atoms. The van der Waals surface area contributed by atoms with Crippen molar-refractivity contribution in [1.82, 2.24) is 0 Å². The zero-order chi connectivity index (χ0) is 10.0. The fourth-order valence-corrected chi connectivity index (χ4v) is 1.83. The van der Waals surface area contributed by atoms with Crippen LogP contribution in [0, 0.1) is 12.7 Å². The van der Waals surface area contributed by atoms with Crippen molar-refractivity contribution in [3.63, 3.8) is 0 Å². The van der Waals surface area contributed by atoms with Crippen LogP contribution in [0.25, 0.3) is 6.08 Å². The fraction of sp³-hybridized carbons (Fsp3) is 0.273. The van der Waals surface area contributed by atoms with Crippen LogP contribution in [0.2, 0.25) is 0 Å². The van der Waals surface area contributed by atoms with Crippen LogP contribution >= 0.6 is 15.9 Å². The summed E-state index contributed by atoms with van der Waals surface area (Å²) in [5.74, 6) is -0.199. The largest absolute Gasteiger partial charge is 0.207 e. The molecule has 0 aliphatic carbocycles. The number of benzene rings is 1. The molecule has 0 amide bonds. The number of hydrogen-bond donors (Lipinski definition) is 0. The molecule has 0 aromatic heterocycles. The Bertz CT molecular complexity index is 326. The molecule has 2 heteroatoms. The van der Waals surface area contributed by atoms with Gasteiger partial charge in [0, 0.05) is 4.47 Å². The average Bonchev–Trinajstić information content (AvgIpc) is 1.96. The van der Waals surface area contributed by atoms with Crippen LogP contribution in [0.1, 0.15) is 25.0 Å². The number of rotatable bonds is 1. The van der Waals surface area contributed by atoms with Crippen LogP contribution in [-0.2, 0) is 0 Å². The molecule has 13 heavy (non-hydrogen) atoms. The monoisotopic (exact) mass is 242 g/mol. The van der Waals surface area contributed by atoms with Gasteiger partial charge in [-0.2, -0.15) is 0 Å². The van der Waals surface area contributed by atoms with Gasteiger partial charge in [0.1, 0.15) is 5.82 Å². The Morgan fingerprint density at radius 1 is 1.38 bits per heavy atom. The van der Waals surface area contributed by atoms with Gasteiger partial charge in [0.05, 0.1) is 0 Å². The van der Waals surface area contributed by atoms with Crippen molar-refractivity contribution in [3.8, 4) is 0 Å². The first-order chi connectivity index (χ1) is 6.00. The van der Waals surface area contributed by atoms with Crippen molar-refractivity contribution >= 4 is 22.0 Å². The molecule has 0 heterocycles. The third kappa shape index (κ3) is 2.66. The smallest absolute Gasteiger partial charge is 0.124 e. The third-order valence-corrected chi connectivity index (χ3v) is 2.39. The summed E-state index contributed by atoms with van der Waals surface area (Å²) in [6.45, 7) is 5.95. The summed E-state index contributed by atoms with van der Waals surface area (Å²) >= 11 is 3.34. The molecule has 0 aliphatic rings. The van der Waals surface area contributed by atoms with Gasteiger partial charge in [-0.05, 0) is 44.0 Å². The van der Waals surface area contributed by atoms with E-state index in [1.807, 2.05) is 26.8 Å². The van der Waals surface area contributed by atoms with Crippen molar-refractivity contribution in [2.24, 2.45) is 0 Å². The Hall–Kier alpha value is -0.630. The summed E-state index contributed by atoms with van der Waals surface area (Å²) in [5, 5.41) is 0. The van der Waals surface area contributed by atoms with E-state index in [0.717, 1.165) is 15.6 Å². The van der Waals surface area contributed by atoms with E-state index in [4.69, 9.17) is 0 Å². The lowest BCUT2D eigenvalue weighted by atomic mass is 10.1. The van der Waals surface area contributed by atoms with E-state index in [-0.39, 0.29) is 5.82 Å². The quantitative estimate of drug-likeness (QED) is 0.689. The molecule has 0 spiro atoms. The molecule has 1 aromatic carbocycles. The first-order valence-electron chi connectivity index (χ1n) is 4.11. The number of hydrogen-bond acceptors (Lipinski definition) is 0. The maximum absolute atomic E-state index is 12.9. The summed E-state index contributed by atoms with van der Waals surface area (Å²) in [6.07, 6.45) is 2.04. The average molecular weight is 243 g/mol. The van der Waals surface area contributed by atoms with E-state index >= 15 is 0 Å². The van der Waals surface area contributed by atoms with Crippen molar-refractivity contribution in [1.29, 1.82) is 0 Å². The normalized spacial score (nSPS) is 9.92. The van der Waals surface area contributed by atoms with E-state index < -0.39 is 0 Å². The Morgan fingerprint density at radius 2 is 2.00 bits per heavy atom. The number of aryl methyl sites for hydroxylation is 1. The minimum Gasteiger partial charge on any atom is -0.207 e. The molecule has 0 saturated heterocycles. The van der Waals surface area contributed by atoms with Gasteiger partial charge in [-0.15, -0.1) is 0 Å². The van der Waals surface area contributed by atoms with Crippen LogP contribution in [0.15, 0.2) is 22.2 Å². The lowest BCUT2D eigenvalue weighted by Crippen LogP contribution is -1.86. The highest BCUT2D eigenvalue weighted by Gasteiger charge is 2.03. The second kappa shape index (κ2) is 4.05. The van der Waals surface area contributed by atoms with Gasteiger partial charge in [-0.3, -0.25) is 0 Å². The third-order valence-electron chi connectivity index (χ3n) is 1.73. The highest BCUT2D eigenvalue weighted by molar-refractivity contribution is 9.10. The summed E-state index contributed by atoms with van der Waals surface area (Å²) in [4.78, 5) is 0. The molecule has 0 saturated carbocycles. The second-order valence-corrected chi connectivity index (χ2v) is 4.19. The molecule has 0 nitrogen and oxygen atoms in total. The first kappa shape index (κ1) is 10.5. The molecular weight excluding hydrogens is 231 g/mol. The molecule has 0 N–H and O–H groups in total. The minimum absolute atomic E-state index is 0.199. The van der Waals surface area contributed by atoms with Gasteiger partial charge in [-0.1, -0.05) is 27.6 Å². The topological polar surface area (TPSA) is 0 Å².